The Morgan fingerprint density at radius 3 is 2.72 bits per heavy atom. The van der Waals surface area contributed by atoms with Gasteiger partial charge in [-0.15, -0.1) is 0 Å². The van der Waals surface area contributed by atoms with Crippen molar-refractivity contribution in [2.45, 2.75) is 13.1 Å². The standard InChI is InChI=1S/C23H19N5O4/c29-22-18-6-2-1-5-17(18)19(27-28(22)13-15-4-3-9-24-11-15)12-25-23(30)26-16-7-8-20-21(10-16)32-14-31-20/h1-11H,12-14H2,(H2,25,26,30). The molecule has 9 heteroatoms. The Labute approximate surface area is 182 Å². The maximum Gasteiger partial charge on any atom is 0.319 e. The summed E-state index contributed by atoms with van der Waals surface area (Å²) in [6.07, 6.45) is 3.37. The Bertz CT molecular complexity index is 1350. The van der Waals surface area contributed by atoms with E-state index in [9.17, 15) is 9.59 Å². The van der Waals surface area contributed by atoms with Gasteiger partial charge in [0.15, 0.2) is 11.5 Å². The number of urea groups is 1. The zero-order valence-corrected chi connectivity index (χ0v) is 16.9. The number of carbonyl (C=O) groups excluding carboxylic acids is 1. The highest BCUT2D eigenvalue weighted by Crippen LogP contribution is 2.34. The van der Waals surface area contributed by atoms with Gasteiger partial charge in [-0.2, -0.15) is 5.10 Å². The van der Waals surface area contributed by atoms with E-state index in [0.29, 0.717) is 33.7 Å². The molecule has 0 radical (unpaired) electrons. The Morgan fingerprint density at radius 2 is 1.88 bits per heavy atom. The number of amides is 2. The normalized spacial score (nSPS) is 12.0. The smallest absolute Gasteiger partial charge is 0.319 e. The molecule has 5 rings (SSSR count). The van der Waals surface area contributed by atoms with Gasteiger partial charge in [-0.05, 0) is 29.8 Å². The molecule has 9 nitrogen and oxygen atoms in total. The number of hydrogen-bond acceptors (Lipinski definition) is 6. The van der Waals surface area contributed by atoms with Crippen molar-refractivity contribution in [3.05, 3.63) is 88.6 Å². The first-order chi connectivity index (χ1) is 15.7. The van der Waals surface area contributed by atoms with Crippen LogP contribution in [0.2, 0.25) is 0 Å². The molecule has 1 aliphatic heterocycles. The molecule has 0 bridgehead atoms. The highest BCUT2D eigenvalue weighted by atomic mass is 16.7. The van der Waals surface area contributed by atoms with Crippen molar-refractivity contribution < 1.29 is 14.3 Å². The molecule has 0 saturated heterocycles. The zero-order valence-electron chi connectivity index (χ0n) is 16.9. The Hall–Kier alpha value is -4.40. The summed E-state index contributed by atoms with van der Waals surface area (Å²) in [6.45, 7) is 0.594. The predicted molar refractivity (Wildman–Crippen MR) is 118 cm³/mol. The molecule has 0 unspecified atom stereocenters. The molecule has 0 saturated carbocycles. The SMILES string of the molecule is O=C(NCc1nn(Cc2cccnc2)c(=O)c2ccccc12)Nc1ccc2c(c1)OCO2. The molecule has 0 fully saturated rings. The Balaban J connectivity index is 1.36. The number of rotatable bonds is 5. The summed E-state index contributed by atoms with van der Waals surface area (Å²) < 4.78 is 12.0. The highest BCUT2D eigenvalue weighted by molar-refractivity contribution is 5.90. The molecule has 4 aromatic rings. The van der Waals surface area contributed by atoms with Crippen molar-refractivity contribution in [1.29, 1.82) is 0 Å². The maximum atomic E-state index is 12.9. The first-order valence-corrected chi connectivity index (χ1v) is 9.99. The van der Waals surface area contributed by atoms with Gasteiger partial charge in [-0.1, -0.05) is 24.3 Å². The fraction of sp³-hybridized carbons (Fsp3) is 0.130. The molecule has 3 heterocycles. The second-order valence-electron chi connectivity index (χ2n) is 7.19. The summed E-state index contributed by atoms with van der Waals surface area (Å²) in [5, 5.41) is 11.3. The predicted octanol–water partition coefficient (Wildman–Crippen LogP) is 2.89. The van der Waals surface area contributed by atoms with Gasteiger partial charge in [-0.3, -0.25) is 9.78 Å². The fourth-order valence-corrected chi connectivity index (χ4v) is 3.52. The van der Waals surface area contributed by atoms with E-state index in [0.717, 1.165) is 5.56 Å². The second kappa shape index (κ2) is 8.38. The number of nitrogens with zero attached hydrogens (tertiary/aromatic N) is 3. The van der Waals surface area contributed by atoms with Gasteiger partial charge in [0, 0.05) is 29.5 Å². The van der Waals surface area contributed by atoms with Crippen molar-refractivity contribution in [2.75, 3.05) is 12.1 Å². The quantitative estimate of drug-likeness (QED) is 0.505. The van der Waals surface area contributed by atoms with Crippen LogP contribution >= 0.6 is 0 Å². The van der Waals surface area contributed by atoms with E-state index in [1.807, 2.05) is 30.3 Å². The van der Waals surface area contributed by atoms with Gasteiger partial charge in [0.1, 0.15) is 0 Å². The summed E-state index contributed by atoms with van der Waals surface area (Å²) in [5.74, 6) is 1.22. The molecule has 2 aromatic heterocycles. The average molecular weight is 429 g/mol. The number of fused-ring (bicyclic) bond motifs is 2. The van der Waals surface area contributed by atoms with Gasteiger partial charge < -0.3 is 20.1 Å². The minimum absolute atomic E-state index is 0.143. The monoisotopic (exact) mass is 429 g/mol. The molecule has 32 heavy (non-hydrogen) atoms. The van der Waals surface area contributed by atoms with E-state index in [2.05, 4.69) is 20.7 Å². The van der Waals surface area contributed by atoms with E-state index in [1.54, 1.807) is 36.7 Å². The molecule has 160 valence electrons. The fourth-order valence-electron chi connectivity index (χ4n) is 3.52. The van der Waals surface area contributed by atoms with Crippen molar-refractivity contribution in [3.63, 3.8) is 0 Å². The van der Waals surface area contributed by atoms with Gasteiger partial charge in [0.2, 0.25) is 6.79 Å². The minimum Gasteiger partial charge on any atom is -0.454 e. The third-order valence-corrected chi connectivity index (χ3v) is 5.05. The van der Waals surface area contributed by atoms with Crippen molar-refractivity contribution >= 4 is 22.5 Å². The third kappa shape index (κ3) is 3.95. The van der Waals surface area contributed by atoms with E-state index in [1.165, 1.54) is 4.68 Å². The number of ether oxygens (including phenoxy) is 2. The zero-order chi connectivity index (χ0) is 21.9. The molecule has 1 aliphatic rings. The lowest BCUT2D eigenvalue weighted by Crippen LogP contribution is -2.31. The lowest BCUT2D eigenvalue weighted by molar-refractivity contribution is 0.174. The number of aromatic nitrogens is 3. The molecule has 0 spiro atoms. The van der Waals surface area contributed by atoms with Crippen LogP contribution in [-0.4, -0.2) is 27.6 Å². The van der Waals surface area contributed by atoms with Gasteiger partial charge >= 0.3 is 6.03 Å². The van der Waals surface area contributed by atoms with Crippen LogP contribution in [-0.2, 0) is 13.1 Å². The van der Waals surface area contributed by atoms with Crippen molar-refractivity contribution in [2.24, 2.45) is 0 Å². The van der Waals surface area contributed by atoms with Gasteiger partial charge in [0.05, 0.1) is 24.2 Å². The van der Waals surface area contributed by atoms with Crippen LogP contribution in [0.25, 0.3) is 10.8 Å². The molecule has 0 aliphatic carbocycles. The number of pyridine rings is 1. The van der Waals surface area contributed by atoms with Crippen LogP contribution in [0.4, 0.5) is 10.5 Å². The first kappa shape index (κ1) is 19.6. The van der Waals surface area contributed by atoms with E-state index < -0.39 is 6.03 Å². The minimum atomic E-state index is -0.403. The maximum absolute atomic E-state index is 12.9. The first-order valence-electron chi connectivity index (χ1n) is 9.99. The van der Waals surface area contributed by atoms with E-state index >= 15 is 0 Å². The van der Waals surface area contributed by atoms with E-state index in [-0.39, 0.29) is 25.4 Å². The number of nitrogens with one attached hydrogen (secondary N) is 2. The Kier molecular flexibility index (Phi) is 5.12. The van der Waals surface area contributed by atoms with Crippen molar-refractivity contribution in [1.82, 2.24) is 20.1 Å². The van der Waals surface area contributed by atoms with Crippen LogP contribution in [0, 0.1) is 0 Å². The number of carbonyl (C=O) groups is 1. The summed E-state index contributed by atoms with van der Waals surface area (Å²) in [6, 6.07) is 15.7. The lowest BCUT2D eigenvalue weighted by atomic mass is 10.1. The summed E-state index contributed by atoms with van der Waals surface area (Å²) >= 11 is 0. The second-order valence-corrected chi connectivity index (χ2v) is 7.19. The molecular weight excluding hydrogens is 410 g/mol. The topological polar surface area (TPSA) is 107 Å². The number of benzene rings is 2. The van der Waals surface area contributed by atoms with Crippen LogP contribution < -0.4 is 25.7 Å². The Morgan fingerprint density at radius 1 is 1.03 bits per heavy atom. The van der Waals surface area contributed by atoms with Crippen LogP contribution in [0.1, 0.15) is 11.3 Å². The van der Waals surface area contributed by atoms with Crippen LogP contribution in [0.5, 0.6) is 11.5 Å². The highest BCUT2D eigenvalue weighted by Gasteiger charge is 2.15. The largest absolute Gasteiger partial charge is 0.454 e. The summed E-state index contributed by atoms with van der Waals surface area (Å²) in [7, 11) is 0. The summed E-state index contributed by atoms with van der Waals surface area (Å²) in [4.78, 5) is 29.5. The molecular formula is C23H19N5O4. The van der Waals surface area contributed by atoms with Crippen LogP contribution in [0.3, 0.4) is 0 Å². The van der Waals surface area contributed by atoms with Crippen LogP contribution in [0.15, 0.2) is 71.8 Å². The van der Waals surface area contributed by atoms with Gasteiger partial charge in [0.25, 0.3) is 5.56 Å². The van der Waals surface area contributed by atoms with Gasteiger partial charge in [-0.25, -0.2) is 9.48 Å². The molecule has 2 aromatic carbocycles. The number of hydrogen-bond donors (Lipinski definition) is 2. The molecule has 2 amide bonds. The lowest BCUT2D eigenvalue weighted by Gasteiger charge is -2.12. The number of anilines is 1. The molecule has 0 atom stereocenters. The third-order valence-electron chi connectivity index (χ3n) is 5.05. The van der Waals surface area contributed by atoms with E-state index in [4.69, 9.17) is 9.47 Å². The average Bonchev–Trinajstić information content (AvgIpc) is 3.29. The summed E-state index contributed by atoms with van der Waals surface area (Å²) in [5.41, 5.74) is 1.82. The van der Waals surface area contributed by atoms with Crippen molar-refractivity contribution in [3.8, 4) is 11.5 Å². The molecule has 2 N–H and O–H groups in total.